The Balaban J connectivity index is 1.30. The zero-order chi connectivity index (χ0) is 26.9. The van der Waals surface area contributed by atoms with Crippen molar-refractivity contribution in [3.05, 3.63) is 59.7 Å². The van der Waals surface area contributed by atoms with Crippen molar-refractivity contribution < 1.29 is 19.2 Å². The number of aliphatic imine (C=N–C) groups is 1. The second-order valence-electron chi connectivity index (χ2n) is 9.92. The van der Waals surface area contributed by atoms with Crippen LogP contribution in [0.5, 0.6) is 0 Å². The van der Waals surface area contributed by atoms with Gasteiger partial charge in [-0.25, -0.2) is 4.98 Å². The zero-order valence-electron chi connectivity index (χ0n) is 21.7. The molecule has 5 rings (SSSR count). The van der Waals surface area contributed by atoms with Crippen molar-refractivity contribution in [3.8, 4) is 11.4 Å². The number of benzene rings is 1. The molecule has 0 fully saturated rings. The lowest BCUT2D eigenvalue weighted by Gasteiger charge is -2.25. The molecule has 0 radical (unpaired) electrons. The van der Waals surface area contributed by atoms with Gasteiger partial charge in [-0.3, -0.25) is 14.9 Å². The predicted molar refractivity (Wildman–Crippen MR) is 140 cm³/mol. The van der Waals surface area contributed by atoms with Gasteiger partial charge < -0.3 is 24.6 Å². The van der Waals surface area contributed by atoms with Crippen molar-refractivity contribution >= 4 is 23.0 Å². The fourth-order valence-electron chi connectivity index (χ4n) is 4.13. The number of anilines is 1. The maximum atomic E-state index is 13.4. The molecule has 198 valence electrons. The largest absolute Gasteiger partial charge is 0.390 e. The Morgan fingerprint density at radius 2 is 2.13 bits per heavy atom. The highest BCUT2D eigenvalue weighted by Gasteiger charge is 2.33. The highest BCUT2D eigenvalue weighted by atomic mass is 16.5. The number of aromatic amines is 1. The molecule has 1 aromatic carbocycles. The van der Waals surface area contributed by atoms with Crippen molar-refractivity contribution in [1.82, 2.24) is 30.2 Å². The molecule has 1 atom stereocenters. The molecule has 1 amide bonds. The maximum Gasteiger partial charge on any atom is 0.249 e. The number of nitrogens with zero attached hydrogens (tertiary/aromatic N) is 6. The number of hydrogen-bond donors (Lipinski definition) is 3. The van der Waals surface area contributed by atoms with E-state index in [2.05, 4.69) is 35.6 Å². The Morgan fingerprint density at radius 3 is 2.92 bits per heavy atom. The Bertz CT molecular complexity index is 1430. The number of ether oxygens (including phenoxy) is 1. The van der Waals surface area contributed by atoms with E-state index in [-0.39, 0.29) is 5.91 Å². The van der Waals surface area contributed by atoms with E-state index >= 15 is 0 Å². The summed E-state index contributed by atoms with van der Waals surface area (Å²) in [6.07, 6.45) is 6.54. The molecular formula is C26H30N8O4. The summed E-state index contributed by atoms with van der Waals surface area (Å²) in [5, 5.41) is 24.2. The number of carbonyl (C=O) groups is 1. The van der Waals surface area contributed by atoms with Gasteiger partial charge in [0.1, 0.15) is 18.5 Å². The van der Waals surface area contributed by atoms with Crippen LogP contribution in [0.25, 0.3) is 17.0 Å². The molecule has 3 N–H and O–H groups in total. The highest BCUT2D eigenvalue weighted by Crippen LogP contribution is 2.27. The maximum absolute atomic E-state index is 13.4. The minimum Gasteiger partial charge on any atom is -0.390 e. The molecule has 0 bridgehead atoms. The number of aryl methyl sites for hydroxylation is 2. The van der Waals surface area contributed by atoms with Crippen LogP contribution < -0.4 is 5.32 Å². The third-order valence-electron chi connectivity index (χ3n) is 6.26. The van der Waals surface area contributed by atoms with Crippen molar-refractivity contribution in [2.24, 2.45) is 4.99 Å². The lowest BCUT2D eigenvalue weighted by Crippen LogP contribution is -2.42. The number of nitrogens with one attached hydrogen (secondary N) is 2. The monoisotopic (exact) mass is 518 g/mol. The van der Waals surface area contributed by atoms with Crippen LogP contribution in [0.3, 0.4) is 0 Å². The number of hydrogen-bond acceptors (Lipinski definition) is 10. The molecule has 38 heavy (non-hydrogen) atoms. The quantitative estimate of drug-likeness (QED) is 0.388. The fraction of sp³-hybridized carbons (Fsp3) is 0.385. The van der Waals surface area contributed by atoms with Crippen LogP contribution in [-0.4, -0.2) is 72.4 Å². The van der Waals surface area contributed by atoms with Crippen LogP contribution >= 0.6 is 0 Å². The number of amides is 1. The topological polar surface area (TPSA) is 155 Å². The number of allylic oxidation sites excluding steroid dienone is 2. The third-order valence-corrected chi connectivity index (χ3v) is 6.26. The Labute approximate surface area is 219 Å². The van der Waals surface area contributed by atoms with Gasteiger partial charge in [-0.15, -0.1) is 0 Å². The van der Waals surface area contributed by atoms with Crippen LogP contribution in [-0.2, 0) is 22.6 Å². The summed E-state index contributed by atoms with van der Waals surface area (Å²) in [6, 6.07) is 5.09. The molecule has 1 unspecified atom stereocenters. The average molecular weight is 519 g/mol. The van der Waals surface area contributed by atoms with Gasteiger partial charge in [0.25, 0.3) is 0 Å². The second kappa shape index (κ2) is 10.3. The number of methoxy groups -OCH3 is 1. The summed E-state index contributed by atoms with van der Waals surface area (Å²) in [4.78, 5) is 28.6. The summed E-state index contributed by atoms with van der Waals surface area (Å²) in [5.74, 6) is 2.52. The van der Waals surface area contributed by atoms with E-state index in [1.165, 1.54) is 0 Å². The number of fused-ring (bicyclic) bond motifs is 1. The smallest absolute Gasteiger partial charge is 0.249 e. The normalized spacial score (nSPS) is 16.9. The van der Waals surface area contributed by atoms with Gasteiger partial charge in [0.2, 0.25) is 17.6 Å². The van der Waals surface area contributed by atoms with Gasteiger partial charge >= 0.3 is 0 Å². The van der Waals surface area contributed by atoms with E-state index in [1.807, 2.05) is 48.4 Å². The molecule has 3 aromatic rings. The van der Waals surface area contributed by atoms with Crippen LogP contribution in [0.1, 0.15) is 43.4 Å². The Hall–Kier alpha value is -4.16. The first-order chi connectivity index (χ1) is 18.2. The van der Waals surface area contributed by atoms with Gasteiger partial charge in [-0.1, -0.05) is 17.3 Å². The molecule has 0 saturated heterocycles. The summed E-state index contributed by atoms with van der Waals surface area (Å²) < 4.78 is 10.5. The lowest BCUT2D eigenvalue weighted by molar-refractivity contribution is -0.118. The van der Waals surface area contributed by atoms with Gasteiger partial charge in [0.15, 0.2) is 11.6 Å². The van der Waals surface area contributed by atoms with Gasteiger partial charge in [-0.05, 0) is 51.0 Å². The molecule has 0 saturated carbocycles. The predicted octanol–water partition coefficient (Wildman–Crippen LogP) is 2.65. The van der Waals surface area contributed by atoms with Crippen LogP contribution in [0.15, 0.2) is 46.1 Å². The van der Waals surface area contributed by atoms with Gasteiger partial charge in [-0.2, -0.15) is 10.1 Å². The number of H-pyrrole nitrogens is 1. The van der Waals surface area contributed by atoms with Crippen molar-refractivity contribution in [2.75, 3.05) is 19.0 Å². The first-order valence-electron chi connectivity index (χ1n) is 12.3. The number of aliphatic hydroxyl groups is 1. The van der Waals surface area contributed by atoms with Crippen molar-refractivity contribution in [1.29, 1.82) is 0 Å². The minimum atomic E-state index is -0.818. The molecular weight excluding hydrogens is 488 g/mol. The number of amidine groups is 1. The first-order valence-corrected chi connectivity index (χ1v) is 12.3. The number of rotatable bonds is 9. The molecule has 0 aliphatic carbocycles. The molecule has 2 aromatic heterocycles. The van der Waals surface area contributed by atoms with Crippen molar-refractivity contribution in [3.63, 3.8) is 0 Å². The zero-order valence-corrected chi connectivity index (χ0v) is 21.7. The average Bonchev–Trinajstić information content (AvgIpc) is 3.63. The molecule has 4 heterocycles. The van der Waals surface area contributed by atoms with Crippen LogP contribution in [0.4, 0.5) is 5.69 Å². The standard InChI is InChI=1S/C26H30N8O4/c1-15-5-6-16(24-30-22(38-33-24)9-10-26(2,3)36)11-18(15)28-25(35)19-12-27-21-8-7-17(13-34(19)21)23-29-20(14-37-4)31-32-23/h5-8,11,13,19,36H,9-10,12,14H2,1-4H3,(H,28,35)(H,29,31,32). The third kappa shape index (κ3) is 5.55. The fourth-order valence-corrected chi connectivity index (χ4v) is 4.13. The lowest BCUT2D eigenvalue weighted by atomic mass is 10.0. The summed E-state index contributed by atoms with van der Waals surface area (Å²) in [6.45, 7) is 6.05. The van der Waals surface area contributed by atoms with Gasteiger partial charge in [0, 0.05) is 36.6 Å². The first kappa shape index (κ1) is 25.5. The molecule has 0 spiro atoms. The van der Waals surface area contributed by atoms with E-state index in [0.29, 0.717) is 66.4 Å². The number of aromatic nitrogens is 5. The minimum absolute atomic E-state index is 0.191. The van der Waals surface area contributed by atoms with Crippen molar-refractivity contribution in [2.45, 2.75) is 51.9 Å². The van der Waals surface area contributed by atoms with E-state index in [9.17, 15) is 9.90 Å². The van der Waals surface area contributed by atoms with E-state index in [1.54, 1.807) is 21.0 Å². The van der Waals surface area contributed by atoms with Gasteiger partial charge in [0.05, 0.1) is 12.1 Å². The summed E-state index contributed by atoms with van der Waals surface area (Å²) >= 11 is 0. The second-order valence-corrected chi connectivity index (χ2v) is 9.92. The Morgan fingerprint density at radius 1 is 1.29 bits per heavy atom. The van der Waals surface area contributed by atoms with Crippen LogP contribution in [0.2, 0.25) is 0 Å². The molecule has 2 aliphatic rings. The van der Waals surface area contributed by atoms with Crippen LogP contribution in [0, 0.1) is 6.92 Å². The Kier molecular flexibility index (Phi) is 6.91. The SMILES string of the molecule is COCc1nc(C2=CN3C(=NCC3C(=O)Nc3cc(-c4noc(CCC(C)(C)O)n4)ccc3C)C=C2)n[nH]1. The van der Waals surface area contributed by atoms with E-state index < -0.39 is 11.6 Å². The molecule has 12 nitrogen and oxygen atoms in total. The highest BCUT2D eigenvalue weighted by molar-refractivity contribution is 6.06. The van der Waals surface area contributed by atoms with E-state index in [4.69, 9.17) is 9.26 Å². The van der Waals surface area contributed by atoms with E-state index in [0.717, 1.165) is 11.1 Å². The molecule has 12 heteroatoms. The number of carbonyl (C=O) groups excluding carboxylic acids is 1. The molecule has 2 aliphatic heterocycles. The summed E-state index contributed by atoms with van der Waals surface area (Å²) in [5.41, 5.74) is 2.21. The summed E-state index contributed by atoms with van der Waals surface area (Å²) in [7, 11) is 1.59.